The van der Waals surface area contributed by atoms with Crippen molar-refractivity contribution in [1.29, 1.82) is 0 Å². The molecule has 4 heteroatoms. The second-order valence-electron chi connectivity index (χ2n) is 5.38. The van der Waals surface area contributed by atoms with Crippen LogP contribution in [0.3, 0.4) is 0 Å². The highest BCUT2D eigenvalue weighted by Crippen LogP contribution is 2.24. The number of ether oxygens (including phenoxy) is 2. The molecule has 0 bridgehead atoms. The van der Waals surface area contributed by atoms with E-state index in [4.69, 9.17) is 9.47 Å². The van der Waals surface area contributed by atoms with Gasteiger partial charge < -0.3 is 9.47 Å². The van der Waals surface area contributed by atoms with E-state index in [-0.39, 0.29) is 6.10 Å². The van der Waals surface area contributed by atoms with Gasteiger partial charge in [-0.15, -0.1) is 0 Å². The van der Waals surface area contributed by atoms with Crippen molar-refractivity contribution >= 4 is 15.9 Å². The highest BCUT2D eigenvalue weighted by molar-refractivity contribution is 9.10. The predicted molar refractivity (Wildman–Crippen MR) is 80.6 cm³/mol. The molecule has 0 aliphatic carbocycles. The minimum atomic E-state index is 0.200. The molecule has 1 aromatic rings. The zero-order valence-corrected chi connectivity index (χ0v) is 13.4. The third-order valence-electron chi connectivity index (χ3n) is 3.03. The molecule has 106 valence electrons. The van der Waals surface area contributed by atoms with Gasteiger partial charge in [0, 0.05) is 24.1 Å². The standard InChI is InChI=1S/C15H22BrNO2/c1-11(2)19-15-7-13(6-14(16)8-15)10-17-4-5-18-12(3)9-17/h6-8,11-12H,4-5,9-10H2,1-3H3. The first-order valence-electron chi connectivity index (χ1n) is 6.83. The lowest BCUT2D eigenvalue weighted by molar-refractivity contribution is -0.0212. The highest BCUT2D eigenvalue weighted by atomic mass is 79.9. The van der Waals surface area contributed by atoms with Crippen LogP contribution in [0.15, 0.2) is 22.7 Å². The Labute approximate surface area is 124 Å². The van der Waals surface area contributed by atoms with E-state index in [1.165, 1.54) is 5.56 Å². The molecule has 0 spiro atoms. The molecule has 3 nitrogen and oxygen atoms in total. The van der Waals surface area contributed by atoms with Crippen molar-refractivity contribution < 1.29 is 9.47 Å². The lowest BCUT2D eigenvalue weighted by Crippen LogP contribution is -2.40. The van der Waals surface area contributed by atoms with Crippen LogP contribution in [-0.2, 0) is 11.3 Å². The second-order valence-corrected chi connectivity index (χ2v) is 6.29. The quantitative estimate of drug-likeness (QED) is 0.845. The molecule has 1 aliphatic heterocycles. The molecule has 1 unspecified atom stereocenters. The van der Waals surface area contributed by atoms with Gasteiger partial charge in [-0.3, -0.25) is 4.90 Å². The Morgan fingerprint density at radius 1 is 1.42 bits per heavy atom. The van der Waals surface area contributed by atoms with Crippen LogP contribution < -0.4 is 4.74 Å². The first-order valence-corrected chi connectivity index (χ1v) is 7.62. The Kier molecular flexibility index (Phi) is 5.25. The molecule has 0 saturated carbocycles. The lowest BCUT2D eigenvalue weighted by Gasteiger charge is -2.31. The molecule has 0 radical (unpaired) electrons. The van der Waals surface area contributed by atoms with E-state index >= 15 is 0 Å². The van der Waals surface area contributed by atoms with Crippen LogP contribution in [0.25, 0.3) is 0 Å². The van der Waals surface area contributed by atoms with E-state index in [0.29, 0.717) is 6.10 Å². The van der Waals surface area contributed by atoms with Gasteiger partial charge in [0.25, 0.3) is 0 Å². The Bertz CT molecular complexity index is 423. The number of hydrogen-bond acceptors (Lipinski definition) is 3. The van der Waals surface area contributed by atoms with Gasteiger partial charge in [-0.1, -0.05) is 15.9 Å². The van der Waals surface area contributed by atoms with Crippen molar-refractivity contribution in [2.75, 3.05) is 19.7 Å². The van der Waals surface area contributed by atoms with Gasteiger partial charge >= 0.3 is 0 Å². The lowest BCUT2D eigenvalue weighted by atomic mass is 10.2. The van der Waals surface area contributed by atoms with Crippen LogP contribution in [0.5, 0.6) is 5.75 Å². The summed E-state index contributed by atoms with van der Waals surface area (Å²) < 4.78 is 12.4. The largest absolute Gasteiger partial charge is 0.491 e. The normalized spacial score (nSPS) is 20.8. The highest BCUT2D eigenvalue weighted by Gasteiger charge is 2.17. The van der Waals surface area contributed by atoms with Crippen molar-refractivity contribution in [3.8, 4) is 5.75 Å². The van der Waals surface area contributed by atoms with E-state index in [2.05, 4.69) is 39.9 Å². The van der Waals surface area contributed by atoms with Crippen LogP contribution in [0.2, 0.25) is 0 Å². The molecule has 1 atom stereocenters. The fourth-order valence-electron chi connectivity index (χ4n) is 2.34. The zero-order chi connectivity index (χ0) is 13.8. The predicted octanol–water partition coefficient (Wildman–Crippen LogP) is 3.46. The van der Waals surface area contributed by atoms with Crippen LogP contribution in [0.1, 0.15) is 26.3 Å². The molecule has 1 aromatic carbocycles. The Morgan fingerprint density at radius 2 is 2.21 bits per heavy atom. The van der Waals surface area contributed by atoms with Gasteiger partial charge in [0.15, 0.2) is 0 Å². The molecular weight excluding hydrogens is 306 g/mol. The summed E-state index contributed by atoms with van der Waals surface area (Å²) in [7, 11) is 0. The number of rotatable bonds is 4. The van der Waals surface area contributed by atoms with Gasteiger partial charge in [-0.05, 0) is 44.5 Å². The Balaban J connectivity index is 2.04. The number of benzene rings is 1. The van der Waals surface area contributed by atoms with Gasteiger partial charge in [-0.2, -0.15) is 0 Å². The maximum Gasteiger partial charge on any atom is 0.121 e. The molecule has 1 saturated heterocycles. The van der Waals surface area contributed by atoms with Crippen LogP contribution in [0.4, 0.5) is 0 Å². The van der Waals surface area contributed by atoms with Crippen molar-refractivity contribution in [2.45, 2.75) is 39.5 Å². The average molecular weight is 328 g/mol. The van der Waals surface area contributed by atoms with E-state index in [9.17, 15) is 0 Å². The maximum absolute atomic E-state index is 5.77. The van der Waals surface area contributed by atoms with Crippen LogP contribution >= 0.6 is 15.9 Å². The van der Waals surface area contributed by atoms with Crippen molar-refractivity contribution in [3.05, 3.63) is 28.2 Å². The van der Waals surface area contributed by atoms with Gasteiger partial charge in [0.2, 0.25) is 0 Å². The van der Waals surface area contributed by atoms with Crippen molar-refractivity contribution in [1.82, 2.24) is 4.90 Å². The summed E-state index contributed by atoms with van der Waals surface area (Å²) in [4.78, 5) is 2.43. The van der Waals surface area contributed by atoms with Crippen LogP contribution in [-0.4, -0.2) is 36.8 Å². The average Bonchev–Trinajstić information content (AvgIpc) is 2.26. The Morgan fingerprint density at radius 3 is 2.89 bits per heavy atom. The number of halogens is 1. The van der Waals surface area contributed by atoms with Gasteiger partial charge in [-0.25, -0.2) is 0 Å². The first kappa shape index (κ1) is 14.8. The molecule has 0 N–H and O–H groups in total. The third-order valence-corrected chi connectivity index (χ3v) is 3.49. The SMILES string of the molecule is CC(C)Oc1cc(Br)cc(CN2CCOC(C)C2)c1. The van der Waals surface area contributed by atoms with E-state index in [1.54, 1.807) is 0 Å². The smallest absolute Gasteiger partial charge is 0.121 e. The summed E-state index contributed by atoms with van der Waals surface area (Å²) >= 11 is 3.56. The van der Waals surface area contributed by atoms with E-state index < -0.39 is 0 Å². The van der Waals surface area contributed by atoms with Crippen LogP contribution in [0, 0.1) is 0 Å². The molecule has 2 rings (SSSR count). The van der Waals surface area contributed by atoms with E-state index in [0.717, 1.165) is 36.5 Å². The summed E-state index contributed by atoms with van der Waals surface area (Å²) in [5, 5.41) is 0. The molecule has 1 fully saturated rings. The maximum atomic E-state index is 5.77. The molecule has 1 aliphatic rings. The van der Waals surface area contributed by atoms with Gasteiger partial charge in [0.1, 0.15) is 5.75 Å². The van der Waals surface area contributed by atoms with Crippen molar-refractivity contribution in [3.63, 3.8) is 0 Å². The summed E-state index contributed by atoms with van der Waals surface area (Å²) in [5.41, 5.74) is 1.28. The molecule has 0 aromatic heterocycles. The minimum absolute atomic E-state index is 0.200. The topological polar surface area (TPSA) is 21.7 Å². The summed E-state index contributed by atoms with van der Waals surface area (Å²) in [6.07, 6.45) is 0.526. The molecule has 19 heavy (non-hydrogen) atoms. The van der Waals surface area contributed by atoms with Gasteiger partial charge in [0.05, 0.1) is 18.8 Å². The molecule has 0 amide bonds. The summed E-state index contributed by atoms with van der Waals surface area (Å²) in [5.74, 6) is 0.931. The monoisotopic (exact) mass is 327 g/mol. The minimum Gasteiger partial charge on any atom is -0.491 e. The number of hydrogen-bond donors (Lipinski definition) is 0. The van der Waals surface area contributed by atoms with Crippen molar-refractivity contribution in [2.24, 2.45) is 0 Å². The fourth-order valence-corrected chi connectivity index (χ4v) is 2.86. The fraction of sp³-hybridized carbons (Fsp3) is 0.600. The first-order chi connectivity index (χ1) is 9.02. The summed E-state index contributed by atoms with van der Waals surface area (Å²) in [6.45, 7) is 9.98. The Hall–Kier alpha value is -0.580. The third kappa shape index (κ3) is 4.79. The zero-order valence-electron chi connectivity index (χ0n) is 11.9. The molecular formula is C15H22BrNO2. The molecule has 1 heterocycles. The summed E-state index contributed by atoms with van der Waals surface area (Å²) in [6, 6.07) is 6.31. The second kappa shape index (κ2) is 6.73. The number of nitrogens with zero attached hydrogens (tertiary/aromatic N) is 1. The van der Waals surface area contributed by atoms with E-state index in [1.807, 2.05) is 19.9 Å². The number of morpholine rings is 1.